The van der Waals surface area contributed by atoms with Crippen molar-refractivity contribution < 1.29 is 27.6 Å². The number of likely N-dealkylation sites (N-methyl/N-ethyl adjacent to an activating group) is 1. The Kier molecular flexibility index (Phi) is 5.40. The Hall–Kier alpha value is -3.04. The summed E-state index contributed by atoms with van der Waals surface area (Å²) in [5.74, 6) is -0.321. The molecule has 1 saturated heterocycles. The number of halogens is 3. The van der Waals surface area contributed by atoms with Gasteiger partial charge in [-0.25, -0.2) is 4.79 Å². The number of rotatable bonds is 4. The third-order valence-electron chi connectivity index (χ3n) is 6.06. The van der Waals surface area contributed by atoms with Crippen LogP contribution in [0.15, 0.2) is 35.5 Å². The minimum absolute atomic E-state index is 0.00276. The topological polar surface area (TPSA) is 73.0 Å². The van der Waals surface area contributed by atoms with E-state index in [1.807, 2.05) is 0 Å². The molecule has 7 nitrogen and oxygen atoms in total. The Bertz CT molecular complexity index is 936. The van der Waals surface area contributed by atoms with Crippen molar-refractivity contribution in [2.75, 3.05) is 33.2 Å². The van der Waals surface area contributed by atoms with Gasteiger partial charge in [0, 0.05) is 33.1 Å². The van der Waals surface area contributed by atoms with Crippen LogP contribution in [-0.4, -0.2) is 65.8 Å². The summed E-state index contributed by atoms with van der Waals surface area (Å²) in [4.78, 5) is 42.5. The molecule has 0 saturated carbocycles. The average Bonchev–Trinajstić information content (AvgIpc) is 3.37. The number of alkyl halides is 3. The highest BCUT2D eigenvalue weighted by molar-refractivity contribution is 6.01. The number of nitrogens with zero attached hydrogens (tertiary/aromatic N) is 3. The maximum absolute atomic E-state index is 13.1. The molecule has 1 N–H and O–H groups in total. The highest BCUT2D eigenvalue weighted by Crippen LogP contribution is 2.37. The maximum atomic E-state index is 13.1. The molecule has 3 heterocycles. The largest absolute Gasteiger partial charge is 0.416 e. The Labute approximate surface area is 177 Å². The second kappa shape index (κ2) is 7.90. The molecule has 1 aromatic carbocycles. The molecule has 166 valence electrons. The second-order valence-corrected chi connectivity index (χ2v) is 7.99. The summed E-state index contributed by atoms with van der Waals surface area (Å²) in [5, 5.41) is 2.70. The summed E-state index contributed by atoms with van der Waals surface area (Å²) in [6, 6.07) is 3.14. The van der Waals surface area contributed by atoms with E-state index in [0.29, 0.717) is 16.8 Å². The van der Waals surface area contributed by atoms with E-state index >= 15 is 0 Å². The molecular weight excluding hydrogens is 413 g/mol. The third-order valence-corrected chi connectivity index (χ3v) is 6.06. The van der Waals surface area contributed by atoms with Crippen LogP contribution in [0.2, 0.25) is 0 Å². The number of carbonyl (C=O) groups is 3. The Morgan fingerprint density at radius 3 is 2.39 bits per heavy atom. The van der Waals surface area contributed by atoms with Crippen LogP contribution < -0.4 is 5.32 Å². The van der Waals surface area contributed by atoms with Gasteiger partial charge in [-0.1, -0.05) is 12.1 Å². The fourth-order valence-corrected chi connectivity index (χ4v) is 4.27. The number of urea groups is 1. The molecule has 3 aliphatic rings. The van der Waals surface area contributed by atoms with Crippen molar-refractivity contribution in [1.82, 2.24) is 20.0 Å². The minimum atomic E-state index is -4.47. The van der Waals surface area contributed by atoms with Crippen molar-refractivity contribution in [3.8, 4) is 0 Å². The molecule has 4 amide bonds. The maximum Gasteiger partial charge on any atom is 0.416 e. The lowest BCUT2D eigenvalue weighted by molar-refractivity contribution is -0.137. The Balaban J connectivity index is 1.53. The molecule has 0 spiro atoms. The van der Waals surface area contributed by atoms with Gasteiger partial charge in [-0.05, 0) is 30.5 Å². The van der Waals surface area contributed by atoms with Crippen molar-refractivity contribution in [1.29, 1.82) is 0 Å². The Morgan fingerprint density at radius 1 is 1.13 bits per heavy atom. The molecule has 1 atom stereocenters. The molecule has 0 aromatic heterocycles. The average molecular weight is 436 g/mol. The van der Waals surface area contributed by atoms with Gasteiger partial charge in [0.2, 0.25) is 5.91 Å². The van der Waals surface area contributed by atoms with Crippen LogP contribution in [0.4, 0.5) is 18.0 Å². The molecule has 0 aliphatic carbocycles. The van der Waals surface area contributed by atoms with Crippen LogP contribution in [0, 0.1) is 0 Å². The van der Waals surface area contributed by atoms with Gasteiger partial charge in [-0.15, -0.1) is 0 Å². The van der Waals surface area contributed by atoms with Gasteiger partial charge in [0.25, 0.3) is 5.91 Å². The van der Waals surface area contributed by atoms with Gasteiger partial charge in [0.15, 0.2) is 0 Å². The normalized spacial score (nSPS) is 21.7. The van der Waals surface area contributed by atoms with E-state index in [0.717, 1.165) is 38.1 Å². The smallest absolute Gasteiger partial charge is 0.343 e. The predicted molar refractivity (Wildman–Crippen MR) is 105 cm³/mol. The number of nitrogens with one attached hydrogen (secondary N) is 1. The van der Waals surface area contributed by atoms with Crippen LogP contribution in [0.1, 0.15) is 36.4 Å². The number of likely N-dealkylation sites (tertiary alicyclic amines) is 1. The van der Waals surface area contributed by atoms with E-state index < -0.39 is 23.8 Å². The lowest BCUT2D eigenvalue weighted by Gasteiger charge is -2.31. The fraction of sp³-hybridized carbons (Fsp3) is 0.476. The second-order valence-electron chi connectivity index (χ2n) is 7.99. The first-order valence-corrected chi connectivity index (χ1v) is 10.2. The number of hydrogen-bond donors (Lipinski definition) is 1. The third kappa shape index (κ3) is 3.98. The van der Waals surface area contributed by atoms with Crippen molar-refractivity contribution in [2.24, 2.45) is 0 Å². The molecule has 1 unspecified atom stereocenters. The molecular formula is C21H23F3N4O3. The molecule has 3 aliphatic heterocycles. The minimum Gasteiger partial charge on any atom is -0.343 e. The molecule has 0 radical (unpaired) electrons. The molecule has 10 heteroatoms. The lowest BCUT2D eigenvalue weighted by atomic mass is 9.95. The molecule has 31 heavy (non-hydrogen) atoms. The SMILES string of the molecule is CN1C(=O)NC(c2ccc(C(F)(F)F)cc2)C2=C1CN(CCC(=O)N1CCCC1)C2=O. The van der Waals surface area contributed by atoms with Crippen LogP contribution in [0.5, 0.6) is 0 Å². The fourth-order valence-electron chi connectivity index (χ4n) is 4.27. The summed E-state index contributed by atoms with van der Waals surface area (Å²) in [5.41, 5.74) is 0.428. The van der Waals surface area contributed by atoms with Crippen molar-refractivity contribution >= 4 is 17.8 Å². The monoisotopic (exact) mass is 436 g/mol. The first-order chi connectivity index (χ1) is 14.7. The number of carbonyl (C=O) groups excluding carboxylic acids is 3. The number of benzene rings is 1. The predicted octanol–water partition coefficient (Wildman–Crippen LogP) is 2.51. The quantitative estimate of drug-likeness (QED) is 0.789. The number of hydrogen-bond acceptors (Lipinski definition) is 3. The van der Waals surface area contributed by atoms with Gasteiger partial charge in [0.05, 0.1) is 29.4 Å². The van der Waals surface area contributed by atoms with Gasteiger partial charge in [-0.2, -0.15) is 13.2 Å². The molecule has 1 aromatic rings. The van der Waals surface area contributed by atoms with E-state index in [1.165, 1.54) is 21.9 Å². The van der Waals surface area contributed by atoms with Crippen molar-refractivity contribution in [3.05, 3.63) is 46.7 Å². The standard InChI is InChI=1S/C21H23F3N4O3/c1-26-15-12-28(11-8-16(29)27-9-2-3-10-27)19(30)17(15)18(25-20(26)31)13-4-6-14(7-5-13)21(22,23)24/h4-7,18H,2-3,8-12H2,1H3,(H,25,31). The van der Waals surface area contributed by atoms with Crippen molar-refractivity contribution in [3.63, 3.8) is 0 Å². The van der Waals surface area contributed by atoms with Gasteiger partial charge in [-0.3, -0.25) is 14.5 Å². The van der Waals surface area contributed by atoms with E-state index in [1.54, 1.807) is 11.9 Å². The van der Waals surface area contributed by atoms with E-state index in [4.69, 9.17) is 0 Å². The zero-order valence-electron chi connectivity index (χ0n) is 17.0. The van der Waals surface area contributed by atoms with Crippen LogP contribution >= 0.6 is 0 Å². The molecule has 0 bridgehead atoms. The van der Waals surface area contributed by atoms with Gasteiger partial charge in [0.1, 0.15) is 0 Å². The van der Waals surface area contributed by atoms with Crippen LogP contribution in [0.3, 0.4) is 0 Å². The lowest BCUT2D eigenvalue weighted by Crippen LogP contribution is -2.45. The van der Waals surface area contributed by atoms with E-state index in [9.17, 15) is 27.6 Å². The summed E-state index contributed by atoms with van der Waals surface area (Å²) in [6.07, 6.45) is -2.31. The number of amides is 4. The van der Waals surface area contributed by atoms with Crippen LogP contribution in [0.25, 0.3) is 0 Å². The van der Waals surface area contributed by atoms with Gasteiger partial charge >= 0.3 is 12.2 Å². The molecule has 4 rings (SSSR count). The first-order valence-electron chi connectivity index (χ1n) is 10.2. The Morgan fingerprint density at radius 2 is 1.77 bits per heavy atom. The summed E-state index contributed by atoms with van der Waals surface area (Å²) >= 11 is 0. The van der Waals surface area contributed by atoms with Gasteiger partial charge < -0.3 is 15.1 Å². The van der Waals surface area contributed by atoms with E-state index in [2.05, 4.69) is 5.32 Å². The van der Waals surface area contributed by atoms with E-state index in [-0.39, 0.29) is 31.3 Å². The zero-order chi connectivity index (χ0) is 22.3. The van der Waals surface area contributed by atoms with Crippen molar-refractivity contribution in [2.45, 2.75) is 31.5 Å². The summed E-state index contributed by atoms with van der Waals surface area (Å²) < 4.78 is 38.7. The summed E-state index contributed by atoms with van der Waals surface area (Å²) in [6.45, 7) is 1.88. The first kappa shape index (κ1) is 21.2. The highest BCUT2D eigenvalue weighted by atomic mass is 19.4. The highest BCUT2D eigenvalue weighted by Gasteiger charge is 2.43. The zero-order valence-corrected chi connectivity index (χ0v) is 17.0. The summed E-state index contributed by atoms with van der Waals surface area (Å²) in [7, 11) is 1.54. The van der Waals surface area contributed by atoms with Crippen LogP contribution in [-0.2, 0) is 15.8 Å². The molecule has 1 fully saturated rings.